The van der Waals surface area contributed by atoms with Crippen molar-refractivity contribution in [2.24, 2.45) is 5.10 Å². The fourth-order valence-corrected chi connectivity index (χ4v) is 4.02. The van der Waals surface area contributed by atoms with Crippen molar-refractivity contribution in [2.75, 3.05) is 17.3 Å². The van der Waals surface area contributed by atoms with Gasteiger partial charge in [0.15, 0.2) is 6.61 Å². The number of benzene rings is 2. The Bertz CT molecular complexity index is 1120. The molecule has 1 heterocycles. The van der Waals surface area contributed by atoms with Crippen LogP contribution in [0.2, 0.25) is 0 Å². The molecule has 0 atom stereocenters. The average Bonchev–Trinajstić information content (AvgIpc) is 3.11. The van der Waals surface area contributed by atoms with Crippen LogP contribution in [-0.2, 0) is 4.79 Å². The Morgan fingerprint density at radius 1 is 1.17 bits per heavy atom. The van der Waals surface area contributed by atoms with E-state index in [4.69, 9.17) is 4.74 Å². The number of anilines is 2. The summed E-state index contributed by atoms with van der Waals surface area (Å²) in [7, 11) is 0. The second-order valence-electron chi connectivity index (χ2n) is 7.48. The monoisotopic (exact) mass is 424 g/mol. The number of aryl methyl sites for hydroxylation is 4. The molecule has 2 aromatic carbocycles. The largest absolute Gasteiger partial charge is 0.483 e. The molecule has 0 bridgehead atoms. The van der Waals surface area contributed by atoms with Gasteiger partial charge >= 0.3 is 0 Å². The highest BCUT2D eigenvalue weighted by molar-refractivity contribution is 7.22. The molecule has 0 radical (unpaired) electrons. The van der Waals surface area contributed by atoms with Gasteiger partial charge in [0.05, 0.1) is 10.2 Å². The molecule has 6 nitrogen and oxygen atoms in total. The molecular weight excluding hydrogens is 396 g/mol. The van der Waals surface area contributed by atoms with Crippen molar-refractivity contribution in [1.29, 1.82) is 0 Å². The number of rotatable bonds is 7. The zero-order valence-corrected chi connectivity index (χ0v) is 19.2. The fourth-order valence-electron chi connectivity index (χ4n) is 3.13. The first-order chi connectivity index (χ1) is 14.3. The van der Waals surface area contributed by atoms with Crippen LogP contribution >= 0.6 is 11.3 Å². The highest BCUT2D eigenvalue weighted by Gasteiger charge is 2.15. The number of amides is 1. The summed E-state index contributed by atoms with van der Waals surface area (Å²) in [5.41, 5.74) is 9.88. The minimum absolute atomic E-state index is 0.0404. The van der Waals surface area contributed by atoms with Gasteiger partial charge in [-0.1, -0.05) is 36.0 Å². The third kappa shape index (κ3) is 4.97. The summed E-state index contributed by atoms with van der Waals surface area (Å²) >= 11 is 1.53. The number of hydrogen-bond donors (Lipinski definition) is 2. The topological polar surface area (TPSA) is 75.6 Å². The second-order valence-corrected chi connectivity index (χ2v) is 8.48. The summed E-state index contributed by atoms with van der Waals surface area (Å²) < 4.78 is 6.74. The molecular formula is C23H28N4O2S. The lowest BCUT2D eigenvalue weighted by Crippen LogP contribution is -2.21. The van der Waals surface area contributed by atoms with Gasteiger partial charge in [0.1, 0.15) is 5.75 Å². The molecule has 0 spiro atoms. The van der Waals surface area contributed by atoms with Crippen molar-refractivity contribution in [3.05, 3.63) is 46.5 Å². The van der Waals surface area contributed by atoms with E-state index in [1.165, 1.54) is 11.3 Å². The van der Waals surface area contributed by atoms with E-state index in [2.05, 4.69) is 27.8 Å². The van der Waals surface area contributed by atoms with Gasteiger partial charge in [0, 0.05) is 11.4 Å². The van der Waals surface area contributed by atoms with Crippen LogP contribution in [0.15, 0.2) is 29.4 Å². The average molecular weight is 425 g/mol. The summed E-state index contributed by atoms with van der Waals surface area (Å²) in [4.78, 5) is 17.2. The highest BCUT2D eigenvalue weighted by Crippen LogP contribution is 2.35. The molecule has 158 valence electrons. The van der Waals surface area contributed by atoms with E-state index < -0.39 is 0 Å². The molecule has 0 saturated carbocycles. The van der Waals surface area contributed by atoms with Crippen LogP contribution in [-0.4, -0.2) is 23.2 Å². The Balaban J connectivity index is 1.75. The molecule has 1 aromatic heterocycles. The van der Waals surface area contributed by atoms with Gasteiger partial charge in [-0.3, -0.25) is 10.2 Å². The quantitative estimate of drug-likeness (QED) is 0.374. The van der Waals surface area contributed by atoms with Crippen molar-refractivity contribution in [2.45, 2.75) is 48.0 Å². The number of aromatic nitrogens is 1. The molecule has 0 fully saturated rings. The molecule has 0 aliphatic heterocycles. The first-order valence-corrected chi connectivity index (χ1v) is 10.8. The van der Waals surface area contributed by atoms with Crippen LogP contribution in [0.1, 0.15) is 42.5 Å². The fraction of sp³-hybridized carbons (Fsp3) is 0.348. The van der Waals surface area contributed by atoms with Gasteiger partial charge < -0.3 is 10.1 Å². The van der Waals surface area contributed by atoms with Gasteiger partial charge in [-0.05, 0) is 69.9 Å². The lowest BCUT2D eigenvalue weighted by atomic mass is 10.1. The smallest absolute Gasteiger partial charge is 0.262 e. The van der Waals surface area contributed by atoms with E-state index in [-0.39, 0.29) is 12.5 Å². The van der Waals surface area contributed by atoms with E-state index in [0.29, 0.717) is 0 Å². The summed E-state index contributed by atoms with van der Waals surface area (Å²) in [6.07, 6.45) is 0.885. The molecule has 0 saturated heterocycles. The first-order valence-electron chi connectivity index (χ1n) is 9.98. The van der Waals surface area contributed by atoms with Crippen LogP contribution in [0, 0.1) is 27.7 Å². The zero-order chi connectivity index (χ0) is 21.8. The minimum Gasteiger partial charge on any atom is -0.483 e. The summed E-state index contributed by atoms with van der Waals surface area (Å²) in [5.74, 6) is 0.535. The summed E-state index contributed by atoms with van der Waals surface area (Å²) in [6, 6.07) is 7.90. The van der Waals surface area contributed by atoms with Crippen molar-refractivity contribution >= 4 is 44.0 Å². The van der Waals surface area contributed by atoms with Crippen LogP contribution in [0.4, 0.5) is 10.8 Å². The van der Waals surface area contributed by atoms with Gasteiger partial charge in [-0.15, -0.1) is 0 Å². The normalized spacial score (nSPS) is 11.6. The number of ether oxygens (including phenoxy) is 1. The molecule has 30 heavy (non-hydrogen) atoms. The van der Waals surface area contributed by atoms with Crippen molar-refractivity contribution in [1.82, 2.24) is 4.98 Å². The summed E-state index contributed by atoms with van der Waals surface area (Å²) in [6.45, 7) is 12.0. The number of fused-ring (bicyclic) bond motifs is 1. The lowest BCUT2D eigenvalue weighted by Gasteiger charge is -2.13. The second kappa shape index (κ2) is 9.26. The molecule has 0 unspecified atom stereocenters. The van der Waals surface area contributed by atoms with Gasteiger partial charge in [0.2, 0.25) is 5.13 Å². The molecule has 3 aromatic rings. The van der Waals surface area contributed by atoms with Gasteiger partial charge in [-0.25, -0.2) is 4.98 Å². The van der Waals surface area contributed by atoms with Gasteiger partial charge in [-0.2, -0.15) is 5.10 Å². The lowest BCUT2D eigenvalue weighted by molar-refractivity contribution is -0.118. The predicted octanol–water partition coefficient (Wildman–Crippen LogP) is 5.75. The molecule has 7 heteroatoms. The van der Waals surface area contributed by atoms with Crippen molar-refractivity contribution in [3.8, 4) is 5.75 Å². The number of nitrogens with zero attached hydrogens (tertiary/aromatic N) is 2. The molecule has 2 N–H and O–H groups in total. The SMILES string of the molecule is CC/C(C)=N/Nc1nc2cc(C)c(NC(=O)COc3ccc(C)cc3C)c(C)c2s1. The Hall–Kier alpha value is -2.93. The number of hydrazone groups is 1. The highest BCUT2D eigenvalue weighted by atomic mass is 32.1. The zero-order valence-electron chi connectivity index (χ0n) is 18.3. The maximum absolute atomic E-state index is 12.5. The van der Waals surface area contributed by atoms with Crippen LogP contribution in [0.3, 0.4) is 0 Å². The van der Waals surface area contributed by atoms with E-state index >= 15 is 0 Å². The standard InChI is InChI=1S/C23H28N4O2S/c1-7-16(5)26-27-23-24-18-11-15(4)21(17(6)22(18)30-23)25-20(28)12-29-19-9-8-13(2)10-14(19)3/h8-11H,7,12H2,1-6H3,(H,24,27)(H,25,28)/b26-16+. The number of nitrogens with one attached hydrogen (secondary N) is 2. The Labute approximate surface area is 181 Å². The maximum atomic E-state index is 12.5. The van der Waals surface area contributed by atoms with Gasteiger partial charge in [0.25, 0.3) is 5.91 Å². The van der Waals surface area contributed by atoms with E-state index in [0.717, 1.165) is 61.2 Å². The predicted molar refractivity (Wildman–Crippen MR) is 126 cm³/mol. The van der Waals surface area contributed by atoms with E-state index in [1.807, 2.05) is 58.9 Å². The molecule has 0 aliphatic rings. The Kier molecular flexibility index (Phi) is 6.72. The summed E-state index contributed by atoms with van der Waals surface area (Å²) in [5, 5.41) is 8.07. The van der Waals surface area contributed by atoms with Crippen LogP contribution in [0.25, 0.3) is 10.2 Å². The minimum atomic E-state index is -0.188. The molecule has 1 amide bonds. The molecule has 3 rings (SSSR count). The van der Waals surface area contributed by atoms with Crippen LogP contribution < -0.4 is 15.5 Å². The third-order valence-corrected chi connectivity index (χ3v) is 6.02. The van der Waals surface area contributed by atoms with Crippen molar-refractivity contribution < 1.29 is 9.53 Å². The Morgan fingerprint density at radius 2 is 1.93 bits per heavy atom. The number of thiazole rings is 1. The number of carbonyl (C=O) groups is 1. The first kappa shape index (κ1) is 21.8. The Morgan fingerprint density at radius 3 is 2.63 bits per heavy atom. The molecule has 0 aliphatic carbocycles. The number of hydrogen-bond acceptors (Lipinski definition) is 6. The van der Waals surface area contributed by atoms with Crippen molar-refractivity contribution in [3.63, 3.8) is 0 Å². The number of carbonyl (C=O) groups excluding carboxylic acids is 1. The van der Waals surface area contributed by atoms with E-state index in [9.17, 15) is 4.79 Å². The third-order valence-electron chi connectivity index (χ3n) is 4.92. The maximum Gasteiger partial charge on any atom is 0.262 e. The van der Waals surface area contributed by atoms with Crippen LogP contribution in [0.5, 0.6) is 5.75 Å². The van der Waals surface area contributed by atoms with E-state index in [1.54, 1.807) is 0 Å².